The molecule has 8 heteroatoms. The van der Waals surface area contributed by atoms with Crippen LogP contribution < -0.4 is 0 Å². The molecule has 0 saturated carbocycles. The van der Waals surface area contributed by atoms with Crippen LogP contribution in [0, 0.1) is 0 Å². The Bertz CT molecular complexity index is 1090. The van der Waals surface area contributed by atoms with Crippen molar-refractivity contribution in [2.45, 2.75) is 44.2 Å². The molecular formula is C22H25N5OS2. The Morgan fingerprint density at radius 3 is 2.60 bits per heavy atom. The maximum Gasteiger partial charge on any atom is 0.227 e. The van der Waals surface area contributed by atoms with Gasteiger partial charge in [0.25, 0.3) is 0 Å². The maximum absolute atomic E-state index is 5.36. The smallest absolute Gasteiger partial charge is 0.227 e. The molecule has 0 amide bonds. The molecule has 0 aliphatic heterocycles. The van der Waals surface area contributed by atoms with Gasteiger partial charge in [-0.15, -0.1) is 21.5 Å². The molecule has 0 radical (unpaired) electrons. The fraction of sp³-hybridized carbons (Fsp3) is 0.364. The molecule has 0 fully saturated rings. The van der Waals surface area contributed by atoms with Gasteiger partial charge in [0.15, 0.2) is 11.0 Å². The Labute approximate surface area is 184 Å². The molecule has 0 spiro atoms. The molecule has 0 N–H and O–H groups in total. The van der Waals surface area contributed by atoms with Gasteiger partial charge in [0.05, 0.1) is 4.88 Å². The van der Waals surface area contributed by atoms with Crippen molar-refractivity contribution in [3.8, 4) is 22.1 Å². The molecule has 0 aliphatic carbocycles. The monoisotopic (exact) mass is 439 g/mol. The Balaban J connectivity index is 1.32. The molecule has 4 rings (SSSR count). The number of benzene rings is 1. The average Bonchev–Trinajstić information content (AvgIpc) is 3.46. The van der Waals surface area contributed by atoms with Gasteiger partial charge in [-0.25, -0.2) is 0 Å². The highest BCUT2D eigenvalue weighted by Crippen LogP contribution is 2.27. The third-order valence-electron chi connectivity index (χ3n) is 4.82. The van der Waals surface area contributed by atoms with Crippen LogP contribution >= 0.6 is 23.1 Å². The van der Waals surface area contributed by atoms with Crippen LogP contribution in [-0.4, -0.2) is 30.7 Å². The Morgan fingerprint density at radius 1 is 1.10 bits per heavy atom. The van der Waals surface area contributed by atoms with Crippen LogP contribution in [0.3, 0.4) is 0 Å². The summed E-state index contributed by atoms with van der Waals surface area (Å²) in [5.41, 5.74) is 2.53. The number of aryl methyl sites for hydroxylation is 1. The van der Waals surface area contributed by atoms with Crippen molar-refractivity contribution in [1.29, 1.82) is 0 Å². The highest BCUT2D eigenvalue weighted by atomic mass is 32.2. The van der Waals surface area contributed by atoms with E-state index in [1.807, 2.05) is 24.6 Å². The van der Waals surface area contributed by atoms with E-state index in [0.29, 0.717) is 11.7 Å². The topological polar surface area (TPSA) is 69.6 Å². The van der Waals surface area contributed by atoms with Crippen molar-refractivity contribution in [2.75, 3.05) is 5.75 Å². The zero-order chi connectivity index (χ0) is 21.1. The van der Waals surface area contributed by atoms with E-state index in [9.17, 15) is 0 Å². The number of thioether (sulfide) groups is 1. The van der Waals surface area contributed by atoms with Gasteiger partial charge in [-0.2, -0.15) is 4.98 Å². The normalized spacial score (nSPS) is 11.9. The SMILES string of the molecule is Cn1c(SCCCc2nc(-c3cccs3)no2)nnc1-c1ccc(C(C)(C)C)cc1. The lowest BCUT2D eigenvalue weighted by Crippen LogP contribution is -2.10. The predicted molar refractivity (Wildman–Crippen MR) is 122 cm³/mol. The molecule has 0 saturated heterocycles. The number of aromatic nitrogens is 5. The molecule has 0 aliphatic rings. The lowest BCUT2D eigenvalue weighted by molar-refractivity contribution is 0.378. The van der Waals surface area contributed by atoms with E-state index in [4.69, 9.17) is 4.52 Å². The first kappa shape index (κ1) is 20.8. The summed E-state index contributed by atoms with van der Waals surface area (Å²) in [6, 6.07) is 12.6. The quantitative estimate of drug-likeness (QED) is 0.275. The van der Waals surface area contributed by atoms with Gasteiger partial charge < -0.3 is 9.09 Å². The minimum atomic E-state index is 0.141. The molecule has 3 aromatic heterocycles. The minimum Gasteiger partial charge on any atom is -0.339 e. The number of hydrogen-bond acceptors (Lipinski definition) is 7. The summed E-state index contributed by atoms with van der Waals surface area (Å²) in [4.78, 5) is 5.50. The van der Waals surface area contributed by atoms with Crippen LogP contribution in [-0.2, 0) is 18.9 Å². The van der Waals surface area contributed by atoms with Crippen LogP contribution in [0.25, 0.3) is 22.1 Å². The number of thiophene rings is 1. The van der Waals surface area contributed by atoms with Crippen LogP contribution in [0.2, 0.25) is 0 Å². The predicted octanol–water partition coefficient (Wildman–Crippen LogP) is 5.62. The first-order valence-corrected chi connectivity index (χ1v) is 11.8. The third kappa shape index (κ3) is 4.65. The molecular weight excluding hydrogens is 414 g/mol. The van der Waals surface area contributed by atoms with E-state index < -0.39 is 0 Å². The second-order valence-corrected chi connectivity index (χ2v) is 10.1. The van der Waals surface area contributed by atoms with Crippen molar-refractivity contribution in [1.82, 2.24) is 24.9 Å². The van der Waals surface area contributed by atoms with Gasteiger partial charge >= 0.3 is 0 Å². The highest BCUT2D eigenvalue weighted by molar-refractivity contribution is 7.99. The van der Waals surface area contributed by atoms with Crippen LogP contribution in [0.4, 0.5) is 0 Å². The maximum atomic E-state index is 5.36. The van der Waals surface area contributed by atoms with E-state index in [1.54, 1.807) is 23.1 Å². The largest absolute Gasteiger partial charge is 0.339 e. The minimum absolute atomic E-state index is 0.141. The van der Waals surface area contributed by atoms with Crippen molar-refractivity contribution < 1.29 is 4.52 Å². The fourth-order valence-electron chi connectivity index (χ4n) is 3.06. The molecule has 30 heavy (non-hydrogen) atoms. The van der Waals surface area contributed by atoms with E-state index in [0.717, 1.165) is 40.0 Å². The summed E-state index contributed by atoms with van der Waals surface area (Å²) in [5.74, 6) is 3.14. The molecule has 0 bridgehead atoms. The molecule has 6 nitrogen and oxygen atoms in total. The lowest BCUT2D eigenvalue weighted by Gasteiger charge is -2.19. The van der Waals surface area contributed by atoms with Gasteiger partial charge in [-0.3, -0.25) is 0 Å². The van der Waals surface area contributed by atoms with Gasteiger partial charge in [-0.1, -0.05) is 68.0 Å². The molecule has 4 aromatic rings. The molecule has 1 aromatic carbocycles. The zero-order valence-electron chi connectivity index (χ0n) is 17.6. The van der Waals surface area contributed by atoms with Crippen molar-refractivity contribution in [3.63, 3.8) is 0 Å². The third-order valence-corrected chi connectivity index (χ3v) is 6.79. The van der Waals surface area contributed by atoms with Gasteiger partial charge in [0, 0.05) is 24.8 Å². The van der Waals surface area contributed by atoms with E-state index in [-0.39, 0.29) is 5.41 Å². The summed E-state index contributed by atoms with van der Waals surface area (Å²) in [6.07, 6.45) is 1.68. The second kappa shape index (κ2) is 8.73. The zero-order valence-corrected chi connectivity index (χ0v) is 19.3. The highest BCUT2D eigenvalue weighted by Gasteiger charge is 2.16. The van der Waals surface area contributed by atoms with Crippen LogP contribution in [0.15, 0.2) is 51.5 Å². The fourth-order valence-corrected chi connectivity index (χ4v) is 4.56. The average molecular weight is 440 g/mol. The van der Waals surface area contributed by atoms with Gasteiger partial charge in [-0.05, 0) is 28.8 Å². The van der Waals surface area contributed by atoms with Crippen LogP contribution in [0.1, 0.15) is 38.6 Å². The summed E-state index contributed by atoms with van der Waals surface area (Å²) in [7, 11) is 2.01. The standard InChI is InChI=1S/C22H25N5OS2/c1-22(2,3)16-11-9-15(10-12-16)20-24-25-21(27(20)4)30-14-6-8-18-23-19(26-28-18)17-7-5-13-29-17/h5,7,9-13H,6,8,14H2,1-4H3. The van der Waals surface area contributed by atoms with Gasteiger partial charge in [0.1, 0.15) is 0 Å². The molecule has 3 heterocycles. The van der Waals surface area contributed by atoms with Crippen molar-refractivity contribution >= 4 is 23.1 Å². The van der Waals surface area contributed by atoms with E-state index >= 15 is 0 Å². The number of hydrogen-bond donors (Lipinski definition) is 0. The summed E-state index contributed by atoms with van der Waals surface area (Å²) in [6.45, 7) is 6.66. The molecule has 0 unspecified atom stereocenters. The number of nitrogens with zero attached hydrogens (tertiary/aromatic N) is 5. The Hall–Kier alpha value is -2.45. The first-order chi connectivity index (χ1) is 14.4. The van der Waals surface area contributed by atoms with Crippen LogP contribution in [0.5, 0.6) is 0 Å². The van der Waals surface area contributed by atoms with Crippen molar-refractivity contribution in [3.05, 3.63) is 53.2 Å². The lowest BCUT2D eigenvalue weighted by atomic mass is 9.87. The summed E-state index contributed by atoms with van der Waals surface area (Å²) >= 11 is 3.31. The van der Waals surface area contributed by atoms with E-state index in [2.05, 4.69) is 69.9 Å². The molecule has 0 atom stereocenters. The number of rotatable bonds is 7. The first-order valence-electron chi connectivity index (χ1n) is 9.91. The van der Waals surface area contributed by atoms with Crippen molar-refractivity contribution in [2.24, 2.45) is 7.05 Å². The van der Waals surface area contributed by atoms with E-state index in [1.165, 1.54) is 5.56 Å². The summed E-state index contributed by atoms with van der Waals surface area (Å²) in [5, 5.41) is 15.8. The molecule has 156 valence electrons. The summed E-state index contributed by atoms with van der Waals surface area (Å²) < 4.78 is 7.42. The van der Waals surface area contributed by atoms with Gasteiger partial charge in [0.2, 0.25) is 11.7 Å². The second-order valence-electron chi connectivity index (χ2n) is 8.13. The Morgan fingerprint density at radius 2 is 1.90 bits per heavy atom. The Kier molecular flexibility index (Phi) is 6.06.